The van der Waals surface area contributed by atoms with E-state index in [-0.39, 0.29) is 30.2 Å². The van der Waals surface area contributed by atoms with Crippen LogP contribution in [0.15, 0.2) is 80.9 Å². The van der Waals surface area contributed by atoms with Gasteiger partial charge in [0.2, 0.25) is 0 Å². The van der Waals surface area contributed by atoms with E-state index in [1.807, 2.05) is 43.3 Å². The van der Waals surface area contributed by atoms with E-state index in [4.69, 9.17) is 14.9 Å². The molecule has 3 N–H and O–H groups in total. The predicted molar refractivity (Wildman–Crippen MR) is 128 cm³/mol. The summed E-state index contributed by atoms with van der Waals surface area (Å²) < 4.78 is 12.0. The third kappa shape index (κ3) is 4.49. The molecule has 34 heavy (non-hydrogen) atoms. The summed E-state index contributed by atoms with van der Waals surface area (Å²) in [6.45, 7) is 1.87. The van der Waals surface area contributed by atoms with Crippen LogP contribution in [0.5, 0.6) is 5.75 Å². The minimum Gasteiger partial charge on any atom is -0.496 e. The van der Waals surface area contributed by atoms with Crippen LogP contribution in [0.3, 0.4) is 0 Å². The largest absolute Gasteiger partial charge is 0.496 e. The summed E-state index contributed by atoms with van der Waals surface area (Å²) in [5.41, 5.74) is 6.64. The number of H-pyrrole nitrogens is 1. The number of amides is 1. The Bertz CT molecular complexity index is 1420. The van der Waals surface area contributed by atoms with Gasteiger partial charge in [0, 0.05) is 0 Å². The molecule has 0 spiro atoms. The topological polar surface area (TPSA) is 124 Å². The number of nitrogens with two attached hydrogens (primary N) is 1. The second-order valence-electron chi connectivity index (χ2n) is 7.74. The maximum Gasteiger partial charge on any atom is 0.330 e. The number of nitrogen functional groups attached to an aromatic ring is 1. The summed E-state index contributed by atoms with van der Waals surface area (Å²) in [5, 5.41) is 0. The zero-order chi connectivity index (χ0) is 24.2. The first-order valence-corrected chi connectivity index (χ1v) is 10.5. The standard InChI is InChI=1S/C25H24N4O5/c1-16-10-11-20(33-2)19(13-16)24(31)28(15-18-9-6-12-34-18)21-22(26)29(25(32)27-23(21)30)14-17-7-4-3-5-8-17/h3-13H,14-15,26H2,1-2H3,(H,27,30,32). The number of anilines is 2. The summed E-state index contributed by atoms with van der Waals surface area (Å²) in [6.07, 6.45) is 1.47. The van der Waals surface area contributed by atoms with Crippen molar-refractivity contribution in [1.82, 2.24) is 9.55 Å². The van der Waals surface area contributed by atoms with E-state index in [1.54, 1.807) is 24.3 Å². The van der Waals surface area contributed by atoms with Gasteiger partial charge in [0.05, 0.1) is 32.0 Å². The Labute approximate surface area is 195 Å². The number of methoxy groups -OCH3 is 1. The maximum absolute atomic E-state index is 13.8. The van der Waals surface area contributed by atoms with E-state index in [9.17, 15) is 14.4 Å². The highest BCUT2D eigenvalue weighted by atomic mass is 16.5. The smallest absolute Gasteiger partial charge is 0.330 e. The van der Waals surface area contributed by atoms with E-state index >= 15 is 0 Å². The van der Waals surface area contributed by atoms with Gasteiger partial charge in [-0.1, -0.05) is 42.0 Å². The number of carbonyl (C=O) groups excluding carboxylic acids is 1. The summed E-state index contributed by atoms with van der Waals surface area (Å²) in [4.78, 5) is 42.9. The molecule has 0 aliphatic heterocycles. The highest BCUT2D eigenvalue weighted by Crippen LogP contribution is 2.27. The Morgan fingerprint density at radius 1 is 1.12 bits per heavy atom. The lowest BCUT2D eigenvalue weighted by atomic mass is 10.1. The van der Waals surface area contributed by atoms with E-state index in [0.29, 0.717) is 11.5 Å². The van der Waals surface area contributed by atoms with E-state index < -0.39 is 17.2 Å². The molecule has 0 aliphatic rings. The van der Waals surface area contributed by atoms with Crippen LogP contribution < -0.4 is 26.6 Å². The highest BCUT2D eigenvalue weighted by molar-refractivity contribution is 6.09. The first kappa shape index (κ1) is 22.7. The molecule has 2 aromatic carbocycles. The third-order valence-corrected chi connectivity index (χ3v) is 5.39. The van der Waals surface area contributed by atoms with Crippen molar-refractivity contribution >= 4 is 17.4 Å². The Morgan fingerprint density at radius 2 is 1.88 bits per heavy atom. The molecule has 2 aromatic heterocycles. The first-order valence-electron chi connectivity index (χ1n) is 10.5. The van der Waals surface area contributed by atoms with Crippen LogP contribution in [-0.2, 0) is 13.1 Å². The molecule has 2 heterocycles. The Morgan fingerprint density at radius 3 is 2.56 bits per heavy atom. The third-order valence-electron chi connectivity index (χ3n) is 5.39. The van der Waals surface area contributed by atoms with Crippen molar-refractivity contribution < 1.29 is 13.9 Å². The van der Waals surface area contributed by atoms with Crippen LogP contribution in [-0.4, -0.2) is 22.6 Å². The van der Waals surface area contributed by atoms with E-state index in [0.717, 1.165) is 11.1 Å². The van der Waals surface area contributed by atoms with Crippen LogP contribution in [0.1, 0.15) is 27.2 Å². The van der Waals surface area contributed by atoms with Gasteiger partial charge in [-0.2, -0.15) is 0 Å². The van der Waals surface area contributed by atoms with Gasteiger partial charge in [-0.25, -0.2) is 4.79 Å². The molecule has 0 saturated carbocycles. The minimum absolute atomic E-state index is 0.0836. The molecule has 1 amide bonds. The van der Waals surface area contributed by atoms with Crippen LogP contribution in [0.2, 0.25) is 0 Å². The Balaban J connectivity index is 1.88. The molecular formula is C25H24N4O5. The van der Waals surface area contributed by atoms with Gasteiger partial charge in [0.1, 0.15) is 17.3 Å². The number of carbonyl (C=O) groups is 1. The van der Waals surface area contributed by atoms with Crippen molar-refractivity contribution in [2.45, 2.75) is 20.0 Å². The molecule has 0 radical (unpaired) electrons. The van der Waals surface area contributed by atoms with Crippen molar-refractivity contribution in [3.63, 3.8) is 0 Å². The SMILES string of the molecule is COc1ccc(C)cc1C(=O)N(Cc1ccco1)c1c(N)n(Cc2ccccc2)c(=O)[nH]c1=O. The fourth-order valence-electron chi connectivity index (χ4n) is 3.71. The number of hydrogen-bond acceptors (Lipinski definition) is 6. The predicted octanol–water partition coefficient (Wildman–Crippen LogP) is 2.92. The van der Waals surface area contributed by atoms with Crippen molar-refractivity contribution in [1.29, 1.82) is 0 Å². The molecule has 9 heteroatoms. The molecule has 0 fully saturated rings. The highest BCUT2D eigenvalue weighted by Gasteiger charge is 2.28. The normalized spacial score (nSPS) is 10.8. The second kappa shape index (κ2) is 9.53. The number of hydrogen-bond donors (Lipinski definition) is 2. The molecule has 174 valence electrons. The minimum atomic E-state index is -0.779. The van der Waals surface area contributed by atoms with Gasteiger partial charge in [-0.3, -0.25) is 24.0 Å². The summed E-state index contributed by atoms with van der Waals surface area (Å²) >= 11 is 0. The maximum atomic E-state index is 13.8. The Hall–Kier alpha value is -4.53. The number of aromatic nitrogens is 2. The van der Waals surface area contributed by atoms with Crippen LogP contribution >= 0.6 is 0 Å². The van der Waals surface area contributed by atoms with E-state index in [2.05, 4.69) is 4.98 Å². The molecule has 0 bridgehead atoms. The zero-order valence-electron chi connectivity index (χ0n) is 18.8. The number of aryl methyl sites for hydroxylation is 1. The van der Waals surface area contributed by atoms with Gasteiger partial charge < -0.3 is 14.9 Å². The monoisotopic (exact) mass is 460 g/mol. The number of nitrogens with one attached hydrogen (secondary N) is 1. The average molecular weight is 460 g/mol. The Kier molecular flexibility index (Phi) is 6.35. The fourth-order valence-corrected chi connectivity index (χ4v) is 3.71. The number of furan rings is 1. The lowest BCUT2D eigenvalue weighted by molar-refractivity contribution is 0.0980. The lowest BCUT2D eigenvalue weighted by Crippen LogP contribution is -2.41. The van der Waals surface area contributed by atoms with Crippen LogP contribution in [0.4, 0.5) is 11.5 Å². The van der Waals surface area contributed by atoms with E-state index in [1.165, 1.54) is 22.8 Å². The number of rotatable bonds is 7. The van der Waals surface area contributed by atoms with Crippen LogP contribution in [0.25, 0.3) is 0 Å². The van der Waals surface area contributed by atoms with Gasteiger partial charge in [0.15, 0.2) is 5.69 Å². The van der Waals surface area contributed by atoms with Crippen LogP contribution in [0, 0.1) is 6.92 Å². The number of ether oxygens (including phenoxy) is 1. The number of aromatic amines is 1. The summed E-state index contributed by atoms with van der Waals surface area (Å²) in [7, 11) is 1.46. The molecular weight excluding hydrogens is 436 g/mol. The van der Waals surface area contributed by atoms with Gasteiger partial charge in [0.25, 0.3) is 11.5 Å². The number of nitrogens with zero attached hydrogens (tertiary/aromatic N) is 2. The van der Waals surface area contributed by atoms with Gasteiger partial charge in [-0.05, 0) is 36.8 Å². The van der Waals surface area contributed by atoms with Gasteiger partial charge >= 0.3 is 5.69 Å². The van der Waals surface area contributed by atoms with Crippen molar-refractivity contribution in [2.75, 3.05) is 17.7 Å². The zero-order valence-corrected chi connectivity index (χ0v) is 18.8. The lowest BCUT2D eigenvalue weighted by Gasteiger charge is -2.24. The average Bonchev–Trinajstić information content (AvgIpc) is 3.34. The first-order chi connectivity index (χ1) is 16.4. The second-order valence-corrected chi connectivity index (χ2v) is 7.74. The summed E-state index contributed by atoms with van der Waals surface area (Å²) in [6, 6.07) is 17.7. The van der Waals surface area contributed by atoms with Crippen molar-refractivity contribution in [3.05, 3.63) is 110 Å². The number of benzene rings is 2. The molecule has 0 unspecified atom stereocenters. The van der Waals surface area contributed by atoms with Gasteiger partial charge in [-0.15, -0.1) is 0 Å². The molecule has 0 atom stereocenters. The van der Waals surface area contributed by atoms with Crippen molar-refractivity contribution in [2.24, 2.45) is 0 Å². The molecule has 4 aromatic rings. The van der Waals surface area contributed by atoms with Crippen molar-refractivity contribution in [3.8, 4) is 5.75 Å². The molecule has 4 rings (SSSR count). The quantitative estimate of drug-likeness (QED) is 0.437. The molecule has 0 aliphatic carbocycles. The fraction of sp³-hybridized carbons (Fsp3) is 0.160. The summed E-state index contributed by atoms with van der Waals surface area (Å²) in [5.74, 6) is 0.107. The molecule has 9 nitrogen and oxygen atoms in total. The molecule has 0 saturated heterocycles.